The summed E-state index contributed by atoms with van der Waals surface area (Å²) >= 11 is 0. The maximum absolute atomic E-state index is 5.40. The number of nitrogens with zero attached hydrogens (tertiary/aromatic N) is 1. The maximum atomic E-state index is 5.40. The van der Waals surface area contributed by atoms with Crippen LogP contribution in [0, 0.1) is 0 Å². The number of benzene rings is 2. The molecule has 2 aromatic carbocycles. The molecule has 0 aliphatic rings. The van der Waals surface area contributed by atoms with Crippen molar-refractivity contribution >= 4 is 6.21 Å². The standard InChI is InChI=1S/C18H22N2O3/c1-4-23-16-8-5-14(6-9-16)12-19-20-13-15-7-10-17(21-2)18(11-15)22-3/h5-12,20H,4,13H2,1-3H3/b19-12-. The Hall–Kier alpha value is -2.69. The minimum Gasteiger partial charge on any atom is -0.494 e. The Bertz CT molecular complexity index is 639. The van der Waals surface area contributed by atoms with Gasteiger partial charge in [0.15, 0.2) is 11.5 Å². The SMILES string of the molecule is CCOc1ccc(/C=N\NCc2ccc(OC)c(OC)c2)cc1. The largest absolute Gasteiger partial charge is 0.494 e. The Morgan fingerprint density at radius 1 is 1.00 bits per heavy atom. The molecule has 5 heteroatoms. The molecule has 0 heterocycles. The molecule has 2 rings (SSSR count). The molecule has 0 saturated heterocycles. The van der Waals surface area contributed by atoms with E-state index in [1.807, 2.05) is 49.4 Å². The van der Waals surface area contributed by atoms with Gasteiger partial charge in [0.05, 0.1) is 33.6 Å². The summed E-state index contributed by atoms with van der Waals surface area (Å²) in [7, 11) is 3.25. The number of ether oxygens (including phenoxy) is 3. The highest BCUT2D eigenvalue weighted by Crippen LogP contribution is 2.27. The van der Waals surface area contributed by atoms with Crippen molar-refractivity contribution in [3.63, 3.8) is 0 Å². The van der Waals surface area contributed by atoms with Gasteiger partial charge < -0.3 is 19.6 Å². The lowest BCUT2D eigenvalue weighted by Crippen LogP contribution is -2.06. The van der Waals surface area contributed by atoms with Crippen LogP contribution in [0.15, 0.2) is 47.6 Å². The molecule has 0 spiro atoms. The van der Waals surface area contributed by atoms with Crippen LogP contribution in [-0.2, 0) is 6.54 Å². The zero-order valence-electron chi connectivity index (χ0n) is 13.7. The second-order valence-corrected chi connectivity index (χ2v) is 4.78. The quantitative estimate of drug-likeness (QED) is 0.600. The Labute approximate surface area is 136 Å². The third-order valence-electron chi connectivity index (χ3n) is 3.23. The van der Waals surface area contributed by atoms with E-state index < -0.39 is 0 Å². The first-order valence-corrected chi connectivity index (χ1v) is 7.46. The summed E-state index contributed by atoms with van der Waals surface area (Å²) in [5, 5.41) is 4.22. The normalized spacial score (nSPS) is 10.6. The fourth-order valence-corrected chi connectivity index (χ4v) is 2.06. The van der Waals surface area contributed by atoms with Gasteiger partial charge >= 0.3 is 0 Å². The summed E-state index contributed by atoms with van der Waals surface area (Å²) in [6, 6.07) is 13.6. The van der Waals surface area contributed by atoms with Crippen LogP contribution < -0.4 is 19.6 Å². The van der Waals surface area contributed by atoms with Crippen molar-refractivity contribution in [2.45, 2.75) is 13.5 Å². The Morgan fingerprint density at radius 3 is 2.39 bits per heavy atom. The summed E-state index contributed by atoms with van der Waals surface area (Å²) in [6.45, 7) is 3.24. The molecule has 0 saturated carbocycles. The first kappa shape index (κ1) is 16.7. The van der Waals surface area contributed by atoms with E-state index in [-0.39, 0.29) is 0 Å². The van der Waals surface area contributed by atoms with Crippen LogP contribution in [-0.4, -0.2) is 27.0 Å². The highest BCUT2D eigenvalue weighted by Gasteiger charge is 2.03. The molecule has 0 bridgehead atoms. The summed E-state index contributed by atoms with van der Waals surface area (Å²) < 4.78 is 15.9. The first-order valence-electron chi connectivity index (χ1n) is 7.46. The molecular formula is C18H22N2O3. The molecule has 0 aliphatic carbocycles. The molecule has 1 N–H and O–H groups in total. The maximum Gasteiger partial charge on any atom is 0.161 e. The van der Waals surface area contributed by atoms with Gasteiger partial charge in [-0.1, -0.05) is 6.07 Å². The topological polar surface area (TPSA) is 52.1 Å². The van der Waals surface area contributed by atoms with Gasteiger partial charge in [-0.3, -0.25) is 0 Å². The highest BCUT2D eigenvalue weighted by atomic mass is 16.5. The van der Waals surface area contributed by atoms with Crippen LogP contribution >= 0.6 is 0 Å². The van der Waals surface area contributed by atoms with Crippen molar-refractivity contribution in [3.8, 4) is 17.2 Å². The molecule has 5 nitrogen and oxygen atoms in total. The van der Waals surface area contributed by atoms with Crippen LogP contribution in [0.1, 0.15) is 18.1 Å². The molecule has 0 atom stereocenters. The van der Waals surface area contributed by atoms with E-state index in [0.717, 1.165) is 16.9 Å². The average Bonchev–Trinajstić information content (AvgIpc) is 2.60. The Morgan fingerprint density at radius 2 is 1.74 bits per heavy atom. The monoisotopic (exact) mass is 314 g/mol. The van der Waals surface area contributed by atoms with Gasteiger partial charge in [0.1, 0.15) is 5.75 Å². The fraction of sp³-hybridized carbons (Fsp3) is 0.278. The molecule has 0 radical (unpaired) electrons. The smallest absolute Gasteiger partial charge is 0.161 e. The van der Waals surface area contributed by atoms with Gasteiger partial charge in [0.25, 0.3) is 0 Å². The lowest BCUT2D eigenvalue weighted by Gasteiger charge is -2.09. The Kier molecular flexibility index (Phi) is 6.29. The van der Waals surface area contributed by atoms with Gasteiger partial charge in [-0.25, -0.2) is 0 Å². The summed E-state index contributed by atoms with van der Waals surface area (Å²) in [5.41, 5.74) is 5.09. The van der Waals surface area contributed by atoms with Crippen LogP contribution in [0.25, 0.3) is 0 Å². The lowest BCUT2D eigenvalue weighted by molar-refractivity contribution is 0.340. The molecule has 0 fully saturated rings. The van der Waals surface area contributed by atoms with Gasteiger partial charge in [-0.15, -0.1) is 0 Å². The Balaban J connectivity index is 1.88. The third-order valence-corrected chi connectivity index (χ3v) is 3.23. The van der Waals surface area contributed by atoms with E-state index in [1.54, 1.807) is 20.4 Å². The van der Waals surface area contributed by atoms with E-state index in [9.17, 15) is 0 Å². The second-order valence-electron chi connectivity index (χ2n) is 4.78. The van der Waals surface area contributed by atoms with Crippen molar-refractivity contribution in [1.29, 1.82) is 0 Å². The minimum absolute atomic E-state index is 0.605. The molecular weight excluding hydrogens is 292 g/mol. The zero-order valence-corrected chi connectivity index (χ0v) is 13.7. The summed E-state index contributed by atoms with van der Waals surface area (Å²) in [5.74, 6) is 2.29. The molecule has 23 heavy (non-hydrogen) atoms. The molecule has 2 aromatic rings. The van der Waals surface area contributed by atoms with E-state index in [4.69, 9.17) is 14.2 Å². The molecule has 0 amide bonds. The van der Waals surface area contributed by atoms with Gasteiger partial charge in [-0.2, -0.15) is 5.10 Å². The van der Waals surface area contributed by atoms with E-state index >= 15 is 0 Å². The summed E-state index contributed by atoms with van der Waals surface area (Å²) in [4.78, 5) is 0. The fourth-order valence-electron chi connectivity index (χ4n) is 2.06. The van der Waals surface area contributed by atoms with Gasteiger partial charge in [-0.05, 0) is 54.4 Å². The zero-order chi connectivity index (χ0) is 16.5. The molecule has 122 valence electrons. The average molecular weight is 314 g/mol. The number of methoxy groups -OCH3 is 2. The van der Waals surface area contributed by atoms with Crippen LogP contribution in [0.4, 0.5) is 0 Å². The van der Waals surface area contributed by atoms with E-state index in [2.05, 4.69) is 10.5 Å². The van der Waals surface area contributed by atoms with Crippen molar-refractivity contribution in [1.82, 2.24) is 5.43 Å². The number of hydrazone groups is 1. The van der Waals surface area contributed by atoms with Crippen molar-refractivity contribution < 1.29 is 14.2 Å². The highest BCUT2D eigenvalue weighted by molar-refractivity contribution is 5.79. The number of hydrogen-bond donors (Lipinski definition) is 1. The van der Waals surface area contributed by atoms with Crippen molar-refractivity contribution in [2.75, 3.05) is 20.8 Å². The second kappa shape index (κ2) is 8.68. The number of rotatable bonds is 8. The van der Waals surface area contributed by atoms with Crippen LogP contribution in [0.2, 0.25) is 0 Å². The molecule has 0 aliphatic heterocycles. The van der Waals surface area contributed by atoms with E-state index in [0.29, 0.717) is 24.7 Å². The predicted molar refractivity (Wildman–Crippen MR) is 91.6 cm³/mol. The van der Waals surface area contributed by atoms with Crippen molar-refractivity contribution in [3.05, 3.63) is 53.6 Å². The first-order chi connectivity index (χ1) is 11.3. The van der Waals surface area contributed by atoms with Gasteiger partial charge in [0, 0.05) is 0 Å². The number of hydrogen-bond acceptors (Lipinski definition) is 5. The predicted octanol–water partition coefficient (Wildman–Crippen LogP) is 3.23. The minimum atomic E-state index is 0.605. The van der Waals surface area contributed by atoms with E-state index in [1.165, 1.54) is 0 Å². The molecule has 0 aromatic heterocycles. The summed E-state index contributed by atoms with van der Waals surface area (Å²) in [6.07, 6.45) is 1.77. The lowest BCUT2D eigenvalue weighted by atomic mass is 10.2. The van der Waals surface area contributed by atoms with Crippen LogP contribution in [0.5, 0.6) is 17.2 Å². The van der Waals surface area contributed by atoms with Crippen molar-refractivity contribution in [2.24, 2.45) is 5.10 Å². The number of nitrogens with one attached hydrogen (secondary N) is 1. The third kappa shape index (κ3) is 4.92. The molecule has 0 unspecified atom stereocenters. The van der Waals surface area contributed by atoms with Crippen LogP contribution in [0.3, 0.4) is 0 Å². The van der Waals surface area contributed by atoms with Gasteiger partial charge in [0.2, 0.25) is 0 Å².